The quantitative estimate of drug-likeness (QED) is 0.0795. The summed E-state index contributed by atoms with van der Waals surface area (Å²) in [6.07, 6.45) is 9.02. The molecule has 1 unspecified atom stereocenters. The summed E-state index contributed by atoms with van der Waals surface area (Å²) >= 11 is 1.52. The second-order valence-electron chi connectivity index (χ2n) is 18.2. The van der Waals surface area contributed by atoms with Crippen LogP contribution in [0.15, 0.2) is 101 Å². The number of hydrogen-bond acceptors (Lipinski definition) is 14. The van der Waals surface area contributed by atoms with Gasteiger partial charge in [0.25, 0.3) is 11.8 Å². The Morgan fingerprint density at radius 3 is 2.32 bits per heavy atom. The Bertz CT molecular complexity index is 2650. The van der Waals surface area contributed by atoms with Gasteiger partial charge in [-0.2, -0.15) is 0 Å². The van der Waals surface area contributed by atoms with Gasteiger partial charge in [-0.05, 0) is 111 Å². The van der Waals surface area contributed by atoms with Crippen LogP contribution in [-0.4, -0.2) is 105 Å². The standard InChI is InChI=1S/C50H56N12O5S/c1-50(51)19-21-60(22-20-50)43-30-53-46(31-52-43)68-38-7-4-6-36(28-38)55-44(63)8-3-2-5-33-9-12-37(13-10-33)59-23-25-61(26-24-59)42-17-15-40(57-58-42)47(65)54-29-34-11-14-39-35(27-34)32-62(49(39)67)41-16-18-45(64)56-48(41)66/h4,6-7,9-15,17,27-28,30-31,41H,2-3,5,8,16,18-26,29,32,51H2,1H3,(H,54,65)(H,55,63)(H,56,64,66). The van der Waals surface area contributed by atoms with E-state index in [-0.39, 0.29) is 54.4 Å². The summed E-state index contributed by atoms with van der Waals surface area (Å²) in [6, 6.07) is 24.7. The highest BCUT2D eigenvalue weighted by molar-refractivity contribution is 7.99. The van der Waals surface area contributed by atoms with Crippen LogP contribution in [0.1, 0.15) is 89.4 Å². The zero-order valence-corrected chi connectivity index (χ0v) is 39.0. The van der Waals surface area contributed by atoms with Crippen molar-refractivity contribution in [3.63, 3.8) is 0 Å². The smallest absolute Gasteiger partial charge is 0.272 e. The molecule has 68 heavy (non-hydrogen) atoms. The Morgan fingerprint density at radius 1 is 0.824 bits per heavy atom. The lowest BCUT2D eigenvalue weighted by molar-refractivity contribution is -0.137. The van der Waals surface area contributed by atoms with E-state index in [2.05, 4.69) is 82.0 Å². The largest absolute Gasteiger partial charge is 0.368 e. The zero-order chi connectivity index (χ0) is 47.2. The summed E-state index contributed by atoms with van der Waals surface area (Å²) in [6.45, 7) is 7.48. The maximum Gasteiger partial charge on any atom is 0.272 e. The number of nitrogens with zero attached hydrogens (tertiary/aromatic N) is 8. The number of carbonyl (C=O) groups is 5. The summed E-state index contributed by atoms with van der Waals surface area (Å²) in [7, 11) is 0. The number of carbonyl (C=O) groups excluding carboxylic acids is 5. The van der Waals surface area contributed by atoms with Crippen LogP contribution in [0.2, 0.25) is 0 Å². The molecule has 5 amide bonds. The Morgan fingerprint density at radius 2 is 1.59 bits per heavy atom. The molecule has 4 aliphatic rings. The molecule has 1 atom stereocenters. The van der Waals surface area contributed by atoms with Crippen molar-refractivity contribution in [3.8, 4) is 0 Å². The van der Waals surface area contributed by atoms with E-state index in [1.807, 2.05) is 42.6 Å². The predicted molar refractivity (Wildman–Crippen MR) is 259 cm³/mol. The van der Waals surface area contributed by atoms with Crippen molar-refractivity contribution in [2.75, 3.05) is 59.3 Å². The Kier molecular flexibility index (Phi) is 13.9. The molecule has 4 aliphatic heterocycles. The number of benzene rings is 3. The molecule has 5 aromatic rings. The second-order valence-corrected chi connectivity index (χ2v) is 19.3. The molecular weight excluding hydrogens is 881 g/mol. The molecule has 0 bridgehead atoms. The normalized spacial score (nSPS) is 18.0. The van der Waals surface area contributed by atoms with E-state index in [1.165, 1.54) is 22.2 Å². The molecule has 5 N–H and O–H groups in total. The number of hydrogen-bond donors (Lipinski definition) is 4. The van der Waals surface area contributed by atoms with Gasteiger partial charge in [-0.3, -0.25) is 29.3 Å². The van der Waals surface area contributed by atoms with Crippen LogP contribution in [0.5, 0.6) is 0 Å². The van der Waals surface area contributed by atoms with Crippen LogP contribution >= 0.6 is 11.8 Å². The first-order valence-corrected chi connectivity index (χ1v) is 24.2. The van der Waals surface area contributed by atoms with Gasteiger partial charge in [0, 0.05) is 92.6 Å². The highest BCUT2D eigenvalue weighted by Gasteiger charge is 2.39. The predicted octanol–water partition coefficient (Wildman–Crippen LogP) is 5.10. The molecule has 6 heterocycles. The van der Waals surface area contributed by atoms with Crippen molar-refractivity contribution in [1.82, 2.24) is 35.7 Å². The van der Waals surface area contributed by atoms with Crippen molar-refractivity contribution >= 4 is 64.3 Å². The van der Waals surface area contributed by atoms with Gasteiger partial charge >= 0.3 is 0 Å². The summed E-state index contributed by atoms with van der Waals surface area (Å²) < 4.78 is 0. The third-order valence-electron chi connectivity index (χ3n) is 13.1. The summed E-state index contributed by atoms with van der Waals surface area (Å²) in [4.78, 5) is 81.4. The number of aryl methyl sites for hydroxylation is 1. The van der Waals surface area contributed by atoms with Gasteiger partial charge in [-0.25, -0.2) is 9.97 Å². The number of fused-ring (bicyclic) bond motifs is 1. The Balaban J connectivity index is 0.662. The molecule has 0 spiro atoms. The third kappa shape index (κ3) is 11.3. The van der Waals surface area contributed by atoms with E-state index in [4.69, 9.17) is 5.73 Å². The van der Waals surface area contributed by atoms with E-state index in [1.54, 1.807) is 24.4 Å². The molecule has 0 radical (unpaired) electrons. The van der Waals surface area contributed by atoms with Crippen molar-refractivity contribution in [2.45, 2.75) is 92.9 Å². The SMILES string of the molecule is CC1(N)CCN(c2cnc(Sc3cccc(NC(=O)CCCCc4ccc(N5CCN(c6ccc(C(=O)NCc7ccc8c(c7)CN(C7CCC(=O)NC7=O)C8=O)nn6)CC5)cc4)c3)cn2)CC1. The minimum Gasteiger partial charge on any atom is -0.368 e. The monoisotopic (exact) mass is 936 g/mol. The molecular formula is C50H56N12O5S. The van der Waals surface area contributed by atoms with Crippen molar-refractivity contribution in [3.05, 3.63) is 119 Å². The molecule has 2 aromatic heterocycles. The van der Waals surface area contributed by atoms with Gasteiger partial charge in [0.2, 0.25) is 17.7 Å². The van der Waals surface area contributed by atoms with E-state index in [9.17, 15) is 24.0 Å². The van der Waals surface area contributed by atoms with Gasteiger partial charge in [-0.1, -0.05) is 42.1 Å². The third-order valence-corrected chi connectivity index (χ3v) is 14.0. The van der Waals surface area contributed by atoms with Crippen LogP contribution in [-0.2, 0) is 33.9 Å². The van der Waals surface area contributed by atoms with Crippen LogP contribution in [0.25, 0.3) is 0 Å². The molecule has 3 aromatic carbocycles. The maximum atomic E-state index is 13.0. The molecule has 17 nitrogen and oxygen atoms in total. The fourth-order valence-corrected chi connectivity index (χ4v) is 9.85. The fraction of sp³-hybridized carbons (Fsp3) is 0.380. The molecule has 0 saturated carbocycles. The molecule has 0 aliphatic carbocycles. The first-order chi connectivity index (χ1) is 32.9. The van der Waals surface area contributed by atoms with E-state index in [0.29, 0.717) is 24.2 Å². The van der Waals surface area contributed by atoms with Gasteiger partial charge in [-0.15, -0.1) is 10.2 Å². The maximum absolute atomic E-state index is 13.0. The van der Waals surface area contributed by atoms with Crippen LogP contribution in [0, 0.1) is 0 Å². The number of anilines is 4. The highest BCUT2D eigenvalue weighted by atomic mass is 32.2. The fourth-order valence-electron chi connectivity index (χ4n) is 9.06. The molecule has 9 rings (SSSR count). The van der Waals surface area contributed by atoms with Gasteiger partial charge < -0.3 is 36.0 Å². The number of piperidine rings is 2. The number of aromatic nitrogens is 4. The lowest BCUT2D eigenvalue weighted by Gasteiger charge is -2.37. The number of nitrogens with two attached hydrogens (primary N) is 1. The van der Waals surface area contributed by atoms with Gasteiger partial charge in [0.1, 0.15) is 16.9 Å². The first-order valence-electron chi connectivity index (χ1n) is 23.3. The molecule has 18 heteroatoms. The molecule has 3 saturated heterocycles. The molecule has 3 fully saturated rings. The lowest BCUT2D eigenvalue weighted by atomic mass is 9.91. The van der Waals surface area contributed by atoms with Crippen LogP contribution < -0.4 is 36.4 Å². The highest BCUT2D eigenvalue weighted by Crippen LogP contribution is 2.31. The molecule has 352 valence electrons. The van der Waals surface area contributed by atoms with E-state index in [0.717, 1.165) is 110 Å². The topological polar surface area (TPSA) is 212 Å². The minimum atomic E-state index is -0.680. The van der Waals surface area contributed by atoms with Crippen molar-refractivity contribution in [2.24, 2.45) is 5.73 Å². The summed E-state index contributed by atoms with van der Waals surface area (Å²) in [5.41, 5.74) is 11.6. The van der Waals surface area contributed by atoms with Crippen molar-refractivity contribution < 1.29 is 24.0 Å². The number of imide groups is 1. The summed E-state index contributed by atoms with van der Waals surface area (Å²) in [5, 5.41) is 17.7. The van der Waals surface area contributed by atoms with E-state index >= 15 is 0 Å². The number of amides is 5. The lowest BCUT2D eigenvalue weighted by Crippen LogP contribution is -2.52. The summed E-state index contributed by atoms with van der Waals surface area (Å²) in [5.74, 6) is 0.209. The Hall–Kier alpha value is -6.92. The number of unbranched alkanes of at least 4 members (excludes halogenated alkanes) is 1. The average Bonchev–Trinajstić information content (AvgIpc) is 3.67. The number of piperazine rings is 1. The van der Waals surface area contributed by atoms with Gasteiger partial charge in [0.15, 0.2) is 11.5 Å². The second kappa shape index (κ2) is 20.5. The van der Waals surface area contributed by atoms with Gasteiger partial charge in [0.05, 0.1) is 12.4 Å². The van der Waals surface area contributed by atoms with E-state index < -0.39 is 11.9 Å². The van der Waals surface area contributed by atoms with Crippen molar-refractivity contribution in [1.29, 1.82) is 0 Å². The minimum absolute atomic E-state index is 0.000728. The number of nitrogens with one attached hydrogen (secondary N) is 3. The zero-order valence-electron chi connectivity index (χ0n) is 38.2. The average molecular weight is 937 g/mol. The first kappa shape index (κ1) is 46.2. The van der Waals surface area contributed by atoms with Crippen LogP contribution in [0.4, 0.5) is 23.0 Å². The van der Waals surface area contributed by atoms with Crippen LogP contribution in [0.3, 0.4) is 0 Å². The Labute approximate surface area is 399 Å². The number of rotatable bonds is 15.